The van der Waals surface area contributed by atoms with Crippen LogP contribution in [0.4, 0.5) is 10.8 Å². The van der Waals surface area contributed by atoms with Crippen LogP contribution in [0.5, 0.6) is 11.5 Å². The fourth-order valence-electron chi connectivity index (χ4n) is 5.00. The molecule has 2 saturated heterocycles. The van der Waals surface area contributed by atoms with Crippen LogP contribution in [0.3, 0.4) is 0 Å². The molecule has 162 valence electrons. The maximum Gasteiger partial charge on any atom is 0.231 e. The molecule has 1 aromatic heterocycles. The second kappa shape index (κ2) is 8.20. The van der Waals surface area contributed by atoms with Gasteiger partial charge in [-0.1, -0.05) is 23.5 Å². The summed E-state index contributed by atoms with van der Waals surface area (Å²) in [6, 6.07) is 15.9. The SMILES string of the molecule is c1ccc2sc(N3CCC[C@@H](NC4CCN(c5ccc6c(c5)OCO6)CC4)C3)nc2c1. The zero-order valence-corrected chi connectivity index (χ0v) is 18.4. The van der Waals surface area contributed by atoms with Crippen LogP contribution >= 0.6 is 11.3 Å². The van der Waals surface area contributed by atoms with Gasteiger partial charge in [0.2, 0.25) is 6.79 Å². The fraction of sp³-hybridized carbons (Fsp3) is 0.458. The van der Waals surface area contributed by atoms with Crippen molar-refractivity contribution < 1.29 is 9.47 Å². The van der Waals surface area contributed by atoms with Gasteiger partial charge in [0.25, 0.3) is 0 Å². The van der Waals surface area contributed by atoms with Crippen LogP contribution in [-0.4, -0.2) is 50.0 Å². The second-order valence-corrected chi connectivity index (χ2v) is 9.72. The maximum absolute atomic E-state index is 5.55. The van der Waals surface area contributed by atoms with Crippen molar-refractivity contribution in [3.63, 3.8) is 0 Å². The molecule has 7 heteroatoms. The molecule has 3 aliphatic heterocycles. The van der Waals surface area contributed by atoms with Crippen molar-refractivity contribution in [1.29, 1.82) is 0 Å². The zero-order chi connectivity index (χ0) is 20.6. The molecule has 3 aliphatic rings. The summed E-state index contributed by atoms with van der Waals surface area (Å²) in [6.07, 6.45) is 4.82. The number of nitrogens with one attached hydrogen (secondary N) is 1. The fourth-order valence-corrected chi connectivity index (χ4v) is 6.00. The predicted molar refractivity (Wildman–Crippen MR) is 126 cm³/mol. The Morgan fingerprint density at radius 2 is 1.77 bits per heavy atom. The standard InChI is InChI=1S/C24H28N4O2S/c1-2-6-23-20(5-1)26-24(31-23)28-11-3-4-18(15-28)25-17-9-12-27(13-10-17)19-7-8-21-22(14-19)30-16-29-21/h1-2,5-8,14,17-18,25H,3-4,9-13,15-16H2/t18-/m1/s1. The highest BCUT2D eigenvalue weighted by atomic mass is 32.1. The van der Waals surface area contributed by atoms with Crippen LogP contribution in [0, 0.1) is 0 Å². The molecule has 6 rings (SSSR count). The molecule has 3 aromatic rings. The van der Waals surface area contributed by atoms with Gasteiger partial charge < -0.3 is 24.6 Å². The lowest BCUT2D eigenvalue weighted by molar-refractivity contribution is 0.174. The van der Waals surface area contributed by atoms with E-state index >= 15 is 0 Å². The summed E-state index contributed by atoms with van der Waals surface area (Å²) in [7, 11) is 0. The molecular weight excluding hydrogens is 408 g/mol. The van der Waals surface area contributed by atoms with Crippen molar-refractivity contribution in [1.82, 2.24) is 10.3 Å². The van der Waals surface area contributed by atoms with Gasteiger partial charge in [-0.15, -0.1) is 0 Å². The van der Waals surface area contributed by atoms with E-state index in [2.05, 4.69) is 51.5 Å². The van der Waals surface area contributed by atoms with E-state index in [0.29, 0.717) is 18.9 Å². The van der Waals surface area contributed by atoms with Gasteiger partial charge in [0.05, 0.1) is 10.2 Å². The highest BCUT2D eigenvalue weighted by molar-refractivity contribution is 7.22. The Hall–Kier alpha value is -2.51. The minimum absolute atomic E-state index is 0.334. The highest BCUT2D eigenvalue weighted by Gasteiger charge is 2.27. The summed E-state index contributed by atoms with van der Waals surface area (Å²) in [6.45, 7) is 4.65. The number of fused-ring (bicyclic) bond motifs is 2. The Balaban J connectivity index is 1.05. The first-order valence-corrected chi connectivity index (χ1v) is 12.1. The summed E-state index contributed by atoms with van der Waals surface area (Å²) < 4.78 is 12.3. The number of para-hydroxylation sites is 1. The van der Waals surface area contributed by atoms with Crippen LogP contribution in [0.25, 0.3) is 10.2 Å². The quantitative estimate of drug-likeness (QED) is 0.660. The summed E-state index contributed by atoms with van der Waals surface area (Å²) >= 11 is 1.82. The first kappa shape index (κ1) is 19.2. The van der Waals surface area contributed by atoms with Crippen LogP contribution in [0.1, 0.15) is 25.7 Å². The maximum atomic E-state index is 5.55. The Kier molecular flexibility index (Phi) is 5.08. The minimum Gasteiger partial charge on any atom is -0.454 e. The van der Waals surface area contributed by atoms with Crippen LogP contribution < -0.4 is 24.6 Å². The summed E-state index contributed by atoms with van der Waals surface area (Å²) in [5.74, 6) is 1.73. The van der Waals surface area contributed by atoms with Gasteiger partial charge in [-0.25, -0.2) is 4.98 Å². The second-order valence-electron chi connectivity index (χ2n) is 8.71. The third kappa shape index (κ3) is 3.92. The number of anilines is 2. The smallest absolute Gasteiger partial charge is 0.231 e. The molecular formula is C24H28N4O2S. The summed E-state index contributed by atoms with van der Waals surface area (Å²) in [5, 5.41) is 5.14. The van der Waals surface area contributed by atoms with E-state index in [-0.39, 0.29) is 0 Å². The van der Waals surface area contributed by atoms with Gasteiger partial charge in [-0.05, 0) is 49.9 Å². The Labute approximate surface area is 186 Å². The van der Waals surface area contributed by atoms with Gasteiger partial charge in [0.1, 0.15) is 0 Å². The largest absolute Gasteiger partial charge is 0.454 e. The van der Waals surface area contributed by atoms with E-state index in [1.165, 1.54) is 41.2 Å². The molecule has 1 atom stereocenters. The third-order valence-corrected chi connectivity index (χ3v) is 7.76. The highest BCUT2D eigenvalue weighted by Crippen LogP contribution is 2.36. The third-order valence-electron chi connectivity index (χ3n) is 6.66. The Bertz CT molecular complexity index is 1030. The van der Waals surface area contributed by atoms with E-state index in [1.807, 2.05) is 17.4 Å². The number of nitrogens with zero attached hydrogens (tertiary/aromatic N) is 3. The summed E-state index contributed by atoms with van der Waals surface area (Å²) in [4.78, 5) is 9.82. The molecule has 6 nitrogen and oxygen atoms in total. The van der Waals surface area contributed by atoms with E-state index < -0.39 is 0 Å². The van der Waals surface area contributed by atoms with Gasteiger partial charge in [0.15, 0.2) is 16.6 Å². The van der Waals surface area contributed by atoms with Crippen molar-refractivity contribution >= 4 is 32.4 Å². The zero-order valence-electron chi connectivity index (χ0n) is 17.6. The van der Waals surface area contributed by atoms with Gasteiger partial charge in [0, 0.05) is 50.0 Å². The minimum atomic E-state index is 0.334. The van der Waals surface area contributed by atoms with E-state index in [9.17, 15) is 0 Å². The molecule has 1 N–H and O–H groups in total. The van der Waals surface area contributed by atoms with Crippen molar-refractivity contribution in [2.75, 3.05) is 42.8 Å². The lowest BCUT2D eigenvalue weighted by Gasteiger charge is -2.39. The number of piperidine rings is 2. The van der Waals surface area contributed by atoms with Gasteiger partial charge >= 0.3 is 0 Å². The number of hydrogen-bond donors (Lipinski definition) is 1. The Morgan fingerprint density at radius 1 is 0.903 bits per heavy atom. The molecule has 2 fully saturated rings. The monoisotopic (exact) mass is 436 g/mol. The molecule has 0 bridgehead atoms. The lowest BCUT2D eigenvalue weighted by Crippen LogP contribution is -2.52. The van der Waals surface area contributed by atoms with Crippen molar-refractivity contribution in [2.45, 2.75) is 37.8 Å². The van der Waals surface area contributed by atoms with Gasteiger partial charge in [-0.2, -0.15) is 0 Å². The normalized spacial score (nSPS) is 21.7. The Morgan fingerprint density at radius 3 is 2.68 bits per heavy atom. The van der Waals surface area contributed by atoms with Crippen molar-refractivity contribution in [3.05, 3.63) is 42.5 Å². The number of aromatic nitrogens is 1. The molecule has 4 heterocycles. The van der Waals surface area contributed by atoms with Gasteiger partial charge in [-0.3, -0.25) is 0 Å². The van der Waals surface area contributed by atoms with Crippen LogP contribution in [-0.2, 0) is 0 Å². The molecule has 31 heavy (non-hydrogen) atoms. The molecule has 0 spiro atoms. The van der Waals surface area contributed by atoms with Crippen molar-refractivity contribution in [2.24, 2.45) is 0 Å². The lowest BCUT2D eigenvalue weighted by atomic mass is 10.00. The average Bonchev–Trinajstić information content (AvgIpc) is 3.46. The molecule has 0 amide bonds. The van der Waals surface area contributed by atoms with E-state index in [4.69, 9.17) is 14.5 Å². The van der Waals surface area contributed by atoms with Crippen LogP contribution in [0.15, 0.2) is 42.5 Å². The average molecular weight is 437 g/mol. The first-order valence-electron chi connectivity index (χ1n) is 11.3. The molecule has 0 unspecified atom stereocenters. The number of ether oxygens (including phenoxy) is 2. The van der Waals surface area contributed by atoms with E-state index in [1.54, 1.807) is 0 Å². The molecule has 0 saturated carbocycles. The first-order chi connectivity index (χ1) is 15.3. The van der Waals surface area contributed by atoms with Crippen molar-refractivity contribution in [3.8, 4) is 11.5 Å². The molecule has 2 aromatic carbocycles. The predicted octanol–water partition coefficient (Wildman–Crippen LogP) is 4.25. The van der Waals surface area contributed by atoms with Crippen LogP contribution in [0.2, 0.25) is 0 Å². The topological polar surface area (TPSA) is 49.9 Å². The number of thiazole rings is 1. The number of hydrogen-bond acceptors (Lipinski definition) is 7. The molecule has 0 radical (unpaired) electrons. The summed E-state index contributed by atoms with van der Waals surface area (Å²) in [5.41, 5.74) is 2.36. The number of benzene rings is 2. The van der Waals surface area contributed by atoms with E-state index in [0.717, 1.165) is 43.2 Å². The molecule has 0 aliphatic carbocycles. The number of rotatable bonds is 4.